The van der Waals surface area contributed by atoms with E-state index in [0.29, 0.717) is 51.2 Å². The van der Waals surface area contributed by atoms with Crippen LogP contribution in [0.5, 0.6) is 28.9 Å². The Morgan fingerprint density at radius 2 is 1.42 bits per heavy atom. The molecule has 1 heterocycles. The average Bonchev–Trinajstić information content (AvgIpc) is 2.83. The van der Waals surface area contributed by atoms with Crippen LogP contribution < -0.4 is 18.9 Å². The topological polar surface area (TPSA) is 82.9 Å². The fourth-order valence-electron chi connectivity index (χ4n) is 3.22. The number of ether oxygens (including phenoxy) is 4. The van der Waals surface area contributed by atoms with Gasteiger partial charge in [-0.25, -0.2) is 4.98 Å². The quantitative estimate of drug-likeness (QED) is 0.469. The summed E-state index contributed by atoms with van der Waals surface area (Å²) >= 11 is 0. The summed E-state index contributed by atoms with van der Waals surface area (Å²) in [6, 6.07) is 18.5. The molecule has 0 unspecified atom stereocenters. The Kier molecular flexibility index (Phi) is 5.86. The van der Waals surface area contributed by atoms with Crippen LogP contribution >= 0.6 is 0 Å². The van der Waals surface area contributed by atoms with Gasteiger partial charge < -0.3 is 24.1 Å². The summed E-state index contributed by atoms with van der Waals surface area (Å²) in [5.74, 6) is 2.91. The largest absolute Gasteiger partial charge is 0.493 e. The molecule has 0 atom stereocenters. The predicted molar refractivity (Wildman–Crippen MR) is 117 cm³/mol. The number of nitrogens with zero attached hydrogens (tertiary/aromatic N) is 2. The molecule has 0 saturated carbocycles. The minimum atomic E-state index is -0.0950. The zero-order chi connectivity index (χ0) is 21.8. The highest BCUT2D eigenvalue weighted by atomic mass is 16.5. The maximum atomic E-state index is 9.41. The van der Waals surface area contributed by atoms with Crippen molar-refractivity contribution in [2.24, 2.45) is 0 Å². The number of aromatic nitrogens is 2. The predicted octanol–water partition coefficient (Wildman–Crippen LogP) is 4.61. The molecule has 0 amide bonds. The summed E-state index contributed by atoms with van der Waals surface area (Å²) < 4.78 is 22.5. The van der Waals surface area contributed by atoms with Gasteiger partial charge in [0.2, 0.25) is 5.88 Å². The smallest absolute Gasteiger partial charge is 0.231 e. The van der Waals surface area contributed by atoms with Crippen molar-refractivity contribution in [1.29, 1.82) is 0 Å². The van der Waals surface area contributed by atoms with E-state index in [1.165, 1.54) is 0 Å². The molecule has 1 N–H and O–H groups in total. The second-order valence-corrected chi connectivity index (χ2v) is 6.69. The summed E-state index contributed by atoms with van der Waals surface area (Å²) in [5.41, 5.74) is 2.22. The first kappa shape index (κ1) is 20.4. The number of fused-ring (bicyclic) bond motifs is 1. The van der Waals surface area contributed by atoms with Crippen LogP contribution in [0.15, 0.2) is 60.7 Å². The number of hydrogen-bond acceptors (Lipinski definition) is 7. The van der Waals surface area contributed by atoms with E-state index < -0.39 is 0 Å². The lowest BCUT2D eigenvalue weighted by atomic mass is 10.1. The van der Waals surface area contributed by atoms with Crippen molar-refractivity contribution in [1.82, 2.24) is 9.97 Å². The maximum Gasteiger partial charge on any atom is 0.231 e. The SMILES string of the molecule is COc1cc2nc(-c3ccccc3)nc(Oc3ccc(CO)cc3OC)c2cc1OC. The number of benzene rings is 3. The first-order valence-corrected chi connectivity index (χ1v) is 9.61. The molecule has 3 aromatic carbocycles. The standard InChI is InChI=1S/C24H22N2O5/c1-28-20-11-15(14-27)9-10-19(20)31-24-17-12-21(29-2)22(30-3)13-18(17)25-23(26-24)16-7-5-4-6-8-16/h4-13,27H,14H2,1-3H3. The Morgan fingerprint density at radius 1 is 0.742 bits per heavy atom. The molecule has 0 fully saturated rings. The summed E-state index contributed by atoms with van der Waals surface area (Å²) in [6.45, 7) is -0.0950. The van der Waals surface area contributed by atoms with Gasteiger partial charge in [-0.05, 0) is 23.8 Å². The Hall–Kier alpha value is -3.84. The van der Waals surface area contributed by atoms with Gasteiger partial charge in [0, 0.05) is 11.6 Å². The molecule has 0 aliphatic carbocycles. The van der Waals surface area contributed by atoms with Crippen LogP contribution in [0.25, 0.3) is 22.3 Å². The van der Waals surface area contributed by atoms with Gasteiger partial charge in [0.15, 0.2) is 28.8 Å². The van der Waals surface area contributed by atoms with Crippen LogP contribution in [0.3, 0.4) is 0 Å². The Bertz CT molecular complexity index is 1210. The Morgan fingerprint density at radius 3 is 2.10 bits per heavy atom. The van der Waals surface area contributed by atoms with E-state index in [1.807, 2.05) is 30.3 Å². The van der Waals surface area contributed by atoms with E-state index in [4.69, 9.17) is 23.9 Å². The molecular formula is C24H22N2O5. The van der Waals surface area contributed by atoms with Gasteiger partial charge in [0.1, 0.15) is 0 Å². The van der Waals surface area contributed by atoms with E-state index in [0.717, 1.165) is 5.56 Å². The zero-order valence-corrected chi connectivity index (χ0v) is 17.5. The summed E-state index contributed by atoms with van der Waals surface area (Å²) in [6.07, 6.45) is 0. The zero-order valence-electron chi connectivity index (χ0n) is 17.5. The lowest BCUT2D eigenvalue weighted by Gasteiger charge is -2.15. The van der Waals surface area contributed by atoms with Gasteiger partial charge in [-0.3, -0.25) is 0 Å². The monoisotopic (exact) mass is 418 g/mol. The summed E-state index contributed by atoms with van der Waals surface area (Å²) in [4.78, 5) is 9.39. The second-order valence-electron chi connectivity index (χ2n) is 6.69. The van der Waals surface area contributed by atoms with Crippen molar-refractivity contribution in [3.63, 3.8) is 0 Å². The Labute approximate surface area is 179 Å². The number of hydrogen-bond donors (Lipinski definition) is 1. The summed E-state index contributed by atoms with van der Waals surface area (Å²) in [7, 11) is 4.69. The third-order valence-corrected chi connectivity index (χ3v) is 4.82. The van der Waals surface area contributed by atoms with Crippen molar-refractivity contribution in [2.75, 3.05) is 21.3 Å². The fourth-order valence-corrected chi connectivity index (χ4v) is 3.22. The van der Waals surface area contributed by atoms with E-state index in [2.05, 4.69) is 4.98 Å². The molecule has 4 rings (SSSR count). The first-order chi connectivity index (χ1) is 15.2. The van der Waals surface area contributed by atoms with Crippen LogP contribution in [-0.2, 0) is 6.61 Å². The van der Waals surface area contributed by atoms with Gasteiger partial charge in [0.05, 0.1) is 38.8 Å². The van der Waals surface area contributed by atoms with Gasteiger partial charge >= 0.3 is 0 Å². The van der Waals surface area contributed by atoms with Crippen LogP contribution in [0.2, 0.25) is 0 Å². The lowest BCUT2D eigenvalue weighted by molar-refractivity contribution is 0.280. The summed E-state index contributed by atoms with van der Waals surface area (Å²) in [5, 5.41) is 10.1. The van der Waals surface area contributed by atoms with Gasteiger partial charge in [-0.15, -0.1) is 0 Å². The number of methoxy groups -OCH3 is 3. The van der Waals surface area contributed by atoms with Gasteiger partial charge in [-0.2, -0.15) is 4.98 Å². The number of aliphatic hydroxyl groups is 1. The van der Waals surface area contributed by atoms with Crippen LogP contribution in [0, 0.1) is 0 Å². The molecular weight excluding hydrogens is 396 g/mol. The molecule has 0 radical (unpaired) electrons. The highest BCUT2D eigenvalue weighted by Crippen LogP contribution is 2.39. The van der Waals surface area contributed by atoms with Gasteiger partial charge in [-0.1, -0.05) is 36.4 Å². The van der Waals surface area contributed by atoms with E-state index >= 15 is 0 Å². The molecule has 158 valence electrons. The molecule has 0 aliphatic rings. The van der Waals surface area contributed by atoms with Crippen molar-refractivity contribution in [3.8, 4) is 40.3 Å². The molecule has 31 heavy (non-hydrogen) atoms. The molecule has 1 aromatic heterocycles. The highest BCUT2D eigenvalue weighted by Gasteiger charge is 2.17. The van der Waals surface area contributed by atoms with Crippen LogP contribution in [-0.4, -0.2) is 36.4 Å². The van der Waals surface area contributed by atoms with Crippen LogP contribution in [0.1, 0.15) is 5.56 Å². The number of rotatable bonds is 7. The minimum Gasteiger partial charge on any atom is -0.493 e. The maximum absolute atomic E-state index is 9.41. The molecule has 0 aliphatic heterocycles. The highest BCUT2D eigenvalue weighted by molar-refractivity contribution is 5.88. The second kappa shape index (κ2) is 8.89. The van der Waals surface area contributed by atoms with Crippen molar-refractivity contribution in [2.45, 2.75) is 6.61 Å². The molecule has 7 heteroatoms. The van der Waals surface area contributed by atoms with Crippen molar-refractivity contribution < 1.29 is 24.1 Å². The fraction of sp³-hybridized carbons (Fsp3) is 0.167. The molecule has 0 spiro atoms. The Balaban J connectivity index is 1.91. The molecule has 7 nitrogen and oxygen atoms in total. The first-order valence-electron chi connectivity index (χ1n) is 9.61. The third kappa shape index (κ3) is 4.08. The third-order valence-electron chi connectivity index (χ3n) is 4.82. The van der Waals surface area contributed by atoms with Gasteiger partial charge in [0.25, 0.3) is 0 Å². The average molecular weight is 418 g/mol. The van der Waals surface area contributed by atoms with E-state index in [9.17, 15) is 5.11 Å². The number of aliphatic hydroxyl groups excluding tert-OH is 1. The molecule has 4 aromatic rings. The molecule has 0 bridgehead atoms. The van der Waals surface area contributed by atoms with Crippen molar-refractivity contribution >= 4 is 10.9 Å². The van der Waals surface area contributed by atoms with E-state index in [-0.39, 0.29) is 6.61 Å². The van der Waals surface area contributed by atoms with Crippen molar-refractivity contribution in [3.05, 3.63) is 66.2 Å². The van der Waals surface area contributed by atoms with E-state index in [1.54, 1.807) is 51.7 Å². The lowest BCUT2D eigenvalue weighted by Crippen LogP contribution is -1.99. The normalized spacial score (nSPS) is 10.7. The molecule has 0 saturated heterocycles. The minimum absolute atomic E-state index is 0.0950. The van der Waals surface area contributed by atoms with Crippen LogP contribution in [0.4, 0.5) is 0 Å².